The Kier molecular flexibility index (Phi) is 9.44. The molecule has 0 bridgehead atoms. The molecule has 3 nitrogen and oxygen atoms in total. The topological polar surface area (TPSA) is 29.5 Å². The number of aldehydes is 1. The van der Waals surface area contributed by atoms with E-state index in [1.807, 2.05) is 66.7 Å². The summed E-state index contributed by atoms with van der Waals surface area (Å²) in [6, 6.07) is 49.3. The van der Waals surface area contributed by atoms with E-state index in [4.69, 9.17) is 4.74 Å². The van der Waals surface area contributed by atoms with Gasteiger partial charge in [0.05, 0.1) is 11.8 Å². The normalized spacial score (nSPS) is 11.2. The summed E-state index contributed by atoms with van der Waals surface area (Å²) in [6.07, 6.45) is 2.75. The highest BCUT2D eigenvalue weighted by molar-refractivity contribution is 5.91. The zero-order valence-electron chi connectivity index (χ0n) is 27.1. The van der Waals surface area contributed by atoms with Gasteiger partial charge in [0.25, 0.3) is 0 Å². The fourth-order valence-electron chi connectivity index (χ4n) is 6.02. The summed E-state index contributed by atoms with van der Waals surface area (Å²) >= 11 is 0. The minimum Gasteiger partial charge on any atom is -0.496 e. The number of hydrogen-bond donors (Lipinski definition) is 0. The van der Waals surface area contributed by atoms with Gasteiger partial charge in [0.15, 0.2) is 29.6 Å². The number of halogens is 4. The summed E-state index contributed by atoms with van der Waals surface area (Å²) in [5.74, 6) is -7.47. The van der Waals surface area contributed by atoms with Crippen molar-refractivity contribution in [2.75, 3.05) is 4.90 Å². The average molecular weight is 680 g/mol. The third-order valence-electron chi connectivity index (χ3n) is 8.68. The van der Waals surface area contributed by atoms with Gasteiger partial charge in [0.2, 0.25) is 0 Å². The van der Waals surface area contributed by atoms with E-state index in [2.05, 4.69) is 83.8 Å². The predicted octanol–water partition coefficient (Wildman–Crippen LogP) is 12.2. The van der Waals surface area contributed by atoms with Gasteiger partial charge in [0.1, 0.15) is 6.61 Å². The second-order valence-electron chi connectivity index (χ2n) is 11.8. The lowest BCUT2D eigenvalue weighted by Crippen LogP contribution is -2.09. The van der Waals surface area contributed by atoms with Gasteiger partial charge < -0.3 is 9.64 Å². The Labute approximate surface area is 292 Å². The van der Waals surface area contributed by atoms with Crippen molar-refractivity contribution in [3.05, 3.63) is 192 Å². The first-order chi connectivity index (χ1) is 24.9. The van der Waals surface area contributed by atoms with Crippen LogP contribution in [0.4, 0.5) is 34.6 Å². The van der Waals surface area contributed by atoms with E-state index in [0.717, 1.165) is 55.7 Å². The summed E-state index contributed by atoms with van der Waals surface area (Å²) in [4.78, 5) is 13.4. The van der Waals surface area contributed by atoms with Gasteiger partial charge in [-0.25, -0.2) is 17.6 Å². The summed E-state index contributed by atoms with van der Waals surface area (Å²) in [5.41, 5.74) is 6.58. The molecule has 0 aromatic heterocycles. The van der Waals surface area contributed by atoms with Gasteiger partial charge in [-0.05, 0) is 87.1 Å². The van der Waals surface area contributed by atoms with Crippen LogP contribution in [0.15, 0.2) is 152 Å². The van der Waals surface area contributed by atoms with Crippen molar-refractivity contribution in [3.8, 4) is 22.3 Å². The van der Waals surface area contributed by atoms with Gasteiger partial charge in [0, 0.05) is 22.6 Å². The van der Waals surface area contributed by atoms with Crippen molar-refractivity contribution in [1.29, 1.82) is 0 Å². The molecule has 0 unspecified atom stereocenters. The number of nitrogens with zero attached hydrogens (tertiary/aromatic N) is 1. The first kappa shape index (κ1) is 33.0. The minimum absolute atomic E-state index is 0.0679. The maximum atomic E-state index is 14.2. The fraction of sp³-hybridized carbons (Fsp3) is 0.0227. The third-order valence-corrected chi connectivity index (χ3v) is 8.68. The summed E-state index contributed by atoms with van der Waals surface area (Å²) < 4.78 is 60.8. The smallest absolute Gasteiger partial charge is 0.198 e. The number of carbonyl (C=O) groups is 1. The second-order valence-corrected chi connectivity index (χ2v) is 11.8. The largest absolute Gasteiger partial charge is 0.496 e. The molecule has 7 heteroatoms. The predicted molar refractivity (Wildman–Crippen MR) is 195 cm³/mol. The number of hydrogen-bond acceptors (Lipinski definition) is 3. The number of ether oxygens (including phenoxy) is 1. The van der Waals surface area contributed by atoms with Gasteiger partial charge in [-0.2, -0.15) is 0 Å². The van der Waals surface area contributed by atoms with Crippen LogP contribution in [0, 0.1) is 23.3 Å². The second kappa shape index (κ2) is 14.6. The molecule has 0 aliphatic carbocycles. The van der Waals surface area contributed by atoms with Gasteiger partial charge in [-0.3, -0.25) is 4.79 Å². The Morgan fingerprint density at radius 2 is 1.00 bits per heavy atom. The molecule has 0 spiro atoms. The first-order valence-corrected chi connectivity index (χ1v) is 16.1. The Balaban J connectivity index is 1.16. The van der Waals surface area contributed by atoms with Crippen LogP contribution in [0.2, 0.25) is 0 Å². The van der Waals surface area contributed by atoms with Crippen LogP contribution < -0.4 is 4.90 Å². The molecule has 0 radical (unpaired) electrons. The molecule has 7 rings (SSSR count). The maximum absolute atomic E-state index is 14.2. The Morgan fingerprint density at radius 3 is 1.57 bits per heavy atom. The zero-order valence-corrected chi connectivity index (χ0v) is 27.1. The van der Waals surface area contributed by atoms with Crippen LogP contribution in [-0.4, -0.2) is 6.29 Å². The lowest BCUT2D eigenvalue weighted by Gasteiger charge is -2.26. The van der Waals surface area contributed by atoms with Gasteiger partial charge in [-0.15, -0.1) is 0 Å². The SMILES string of the molecule is O=Cc1c(F)c(F)c(F)c(F)c1COC=Cc1ccc2cc(N(c3ccc(-c4ccccc4)cc3)c3ccc(-c4ccccc4)cc3)ccc2c1. The van der Waals surface area contributed by atoms with Crippen LogP contribution >= 0.6 is 0 Å². The molecule has 0 aliphatic rings. The Bertz CT molecular complexity index is 2280. The highest BCUT2D eigenvalue weighted by atomic mass is 19.2. The molecule has 0 atom stereocenters. The summed E-state index contributed by atoms with van der Waals surface area (Å²) in [7, 11) is 0. The number of carbonyl (C=O) groups excluding carboxylic acids is 1. The van der Waals surface area contributed by atoms with Gasteiger partial charge in [-0.1, -0.05) is 103 Å². The fourth-order valence-corrected chi connectivity index (χ4v) is 6.02. The highest BCUT2D eigenvalue weighted by Gasteiger charge is 2.25. The number of rotatable bonds is 10. The molecule has 0 amide bonds. The van der Waals surface area contributed by atoms with Crippen molar-refractivity contribution in [2.45, 2.75) is 6.61 Å². The van der Waals surface area contributed by atoms with E-state index in [-0.39, 0.29) is 6.29 Å². The van der Waals surface area contributed by atoms with Gasteiger partial charge >= 0.3 is 0 Å². The lowest BCUT2D eigenvalue weighted by atomic mass is 10.0. The third kappa shape index (κ3) is 6.87. The molecule has 0 saturated carbocycles. The van der Waals surface area contributed by atoms with Crippen molar-refractivity contribution in [1.82, 2.24) is 0 Å². The van der Waals surface area contributed by atoms with Crippen molar-refractivity contribution in [2.24, 2.45) is 0 Å². The molecule has 0 saturated heterocycles. The molecule has 0 N–H and O–H groups in total. The molecule has 0 fully saturated rings. The molecule has 0 aliphatic heterocycles. The van der Waals surface area contributed by atoms with E-state index < -0.39 is 41.0 Å². The Morgan fingerprint density at radius 1 is 0.510 bits per heavy atom. The van der Waals surface area contributed by atoms with Crippen LogP contribution in [0.25, 0.3) is 39.1 Å². The average Bonchev–Trinajstić information content (AvgIpc) is 3.19. The van der Waals surface area contributed by atoms with E-state index in [9.17, 15) is 22.4 Å². The van der Waals surface area contributed by atoms with E-state index in [1.165, 1.54) is 6.26 Å². The molecular weight excluding hydrogens is 650 g/mol. The number of anilines is 3. The number of fused-ring (bicyclic) bond motifs is 1. The van der Waals surface area contributed by atoms with Crippen molar-refractivity contribution < 1.29 is 27.1 Å². The zero-order chi connectivity index (χ0) is 35.3. The summed E-state index contributed by atoms with van der Waals surface area (Å²) in [5, 5.41) is 1.92. The van der Waals surface area contributed by atoms with E-state index in [1.54, 1.807) is 6.08 Å². The van der Waals surface area contributed by atoms with Crippen LogP contribution in [0.5, 0.6) is 0 Å². The van der Waals surface area contributed by atoms with E-state index in [0.29, 0.717) is 0 Å². The molecule has 0 heterocycles. The van der Waals surface area contributed by atoms with E-state index >= 15 is 0 Å². The minimum atomic E-state index is -2.04. The molecule has 250 valence electrons. The van der Waals surface area contributed by atoms with Crippen LogP contribution in [0.3, 0.4) is 0 Å². The first-order valence-electron chi connectivity index (χ1n) is 16.1. The quantitative estimate of drug-likeness (QED) is 0.0474. The monoisotopic (exact) mass is 679 g/mol. The van der Waals surface area contributed by atoms with Crippen LogP contribution in [0.1, 0.15) is 21.5 Å². The maximum Gasteiger partial charge on any atom is 0.198 e. The molecular formula is C44H29F4NO2. The van der Waals surface area contributed by atoms with Crippen molar-refractivity contribution >= 4 is 40.2 Å². The van der Waals surface area contributed by atoms with Crippen LogP contribution in [-0.2, 0) is 11.3 Å². The molecule has 7 aromatic carbocycles. The molecule has 7 aromatic rings. The summed E-state index contributed by atoms with van der Waals surface area (Å²) in [6.45, 7) is -0.671. The standard InChI is InChI=1S/C44H29F4NO2/c45-41-39(27-50)40(42(46)44(48)43(41)47)28-51-24-23-29-11-12-35-26-38(22-17-34(35)25-29)49(36-18-13-32(14-19-36)30-7-3-1-4-8-30)37-20-15-33(16-21-37)31-9-5-2-6-10-31/h1-27H,28H2. The Hall–Kier alpha value is -6.47. The van der Waals surface area contributed by atoms with Crippen molar-refractivity contribution in [3.63, 3.8) is 0 Å². The number of benzene rings is 7. The lowest BCUT2D eigenvalue weighted by molar-refractivity contribution is 0.111. The molecule has 51 heavy (non-hydrogen) atoms. The highest BCUT2D eigenvalue weighted by Crippen LogP contribution is 2.38.